The van der Waals surface area contributed by atoms with E-state index < -0.39 is 0 Å². The molecular formula is C18H28BrNO. The highest BCUT2D eigenvalue weighted by atomic mass is 79.9. The Morgan fingerprint density at radius 3 is 2.52 bits per heavy atom. The van der Waals surface area contributed by atoms with Crippen LogP contribution in [0.3, 0.4) is 0 Å². The third-order valence-corrected chi connectivity index (χ3v) is 5.08. The topological polar surface area (TPSA) is 21.3 Å². The molecule has 0 heterocycles. The molecular weight excluding hydrogens is 326 g/mol. The average Bonchev–Trinajstić information content (AvgIpc) is 2.51. The SMILES string of the molecule is CCCNCC1(CCOc2ccc(Br)cc2)CCCCC1. The highest BCUT2D eigenvalue weighted by Gasteiger charge is 2.31. The van der Waals surface area contributed by atoms with Crippen LogP contribution in [0, 0.1) is 5.41 Å². The van der Waals surface area contributed by atoms with Crippen LogP contribution < -0.4 is 10.1 Å². The van der Waals surface area contributed by atoms with Crippen LogP contribution in [0.1, 0.15) is 51.9 Å². The van der Waals surface area contributed by atoms with Crippen molar-refractivity contribution in [1.29, 1.82) is 0 Å². The van der Waals surface area contributed by atoms with Gasteiger partial charge in [-0.2, -0.15) is 0 Å². The molecule has 1 aromatic carbocycles. The van der Waals surface area contributed by atoms with Crippen molar-refractivity contribution >= 4 is 15.9 Å². The van der Waals surface area contributed by atoms with Gasteiger partial charge in [0.25, 0.3) is 0 Å². The van der Waals surface area contributed by atoms with Gasteiger partial charge < -0.3 is 10.1 Å². The minimum atomic E-state index is 0.461. The Hall–Kier alpha value is -0.540. The number of hydrogen-bond acceptors (Lipinski definition) is 2. The highest BCUT2D eigenvalue weighted by Crippen LogP contribution is 2.38. The summed E-state index contributed by atoms with van der Waals surface area (Å²) in [7, 11) is 0. The van der Waals surface area contributed by atoms with Crippen LogP contribution in [0.2, 0.25) is 0 Å². The zero-order valence-electron chi connectivity index (χ0n) is 13.2. The van der Waals surface area contributed by atoms with Crippen molar-refractivity contribution < 1.29 is 4.74 Å². The molecule has 1 aromatic rings. The first kappa shape index (κ1) is 16.8. The average molecular weight is 354 g/mol. The maximum atomic E-state index is 5.95. The van der Waals surface area contributed by atoms with Crippen LogP contribution in [0.25, 0.3) is 0 Å². The van der Waals surface area contributed by atoms with Crippen LogP contribution in [0.5, 0.6) is 5.75 Å². The van der Waals surface area contributed by atoms with Gasteiger partial charge in [-0.25, -0.2) is 0 Å². The van der Waals surface area contributed by atoms with Crippen LogP contribution in [-0.2, 0) is 0 Å². The molecule has 1 aliphatic rings. The van der Waals surface area contributed by atoms with Crippen LogP contribution in [0.15, 0.2) is 28.7 Å². The Morgan fingerprint density at radius 2 is 1.86 bits per heavy atom. The van der Waals surface area contributed by atoms with Gasteiger partial charge in [-0.1, -0.05) is 42.1 Å². The number of ether oxygens (including phenoxy) is 1. The third kappa shape index (κ3) is 5.63. The van der Waals surface area contributed by atoms with Gasteiger partial charge in [-0.3, -0.25) is 0 Å². The molecule has 1 fully saturated rings. The fourth-order valence-electron chi connectivity index (χ4n) is 3.26. The molecule has 0 saturated heterocycles. The summed E-state index contributed by atoms with van der Waals surface area (Å²) >= 11 is 3.46. The molecule has 1 N–H and O–H groups in total. The second kappa shape index (κ2) is 8.79. The second-order valence-electron chi connectivity index (χ2n) is 6.29. The van der Waals surface area contributed by atoms with E-state index in [1.54, 1.807) is 0 Å². The van der Waals surface area contributed by atoms with Gasteiger partial charge in [-0.05, 0) is 61.9 Å². The molecule has 0 amide bonds. The first-order valence-electron chi connectivity index (χ1n) is 8.33. The van der Waals surface area contributed by atoms with E-state index in [4.69, 9.17) is 4.74 Å². The minimum Gasteiger partial charge on any atom is -0.494 e. The molecule has 0 radical (unpaired) electrons. The Kier molecular flexibility index (Phi) is 7.05. The molecule has 0 atom stereocenters. The summed E-state index contributed by atoms with van der Waals surface area (Å²) in [5.41, 5.74) is 0.461. The van der Waals surface area contributed by atoms with Crippen LogP contribution in [0.4, 0.5) is 0 Å². The molecule has 2 nitrogen and oxygen atoms in total. The molecule has 0 bridgehead atoms. The van der Waals surface area contributed by atoms with Gasteiger partial charge in [0.1, 0.15) is 5.75 Å². The highest BCUT2D eigenvalue weighted by molar-refractivity contribution is 9.10. The van der Waals surface area contributed by atoms with Gasteiger partial charge in [0.2, 0.25) is 0 Å². The maximum Gasteiger partial charge on any atom is 0.119 e. The molecule has 118 valence electrons. The normalized spacial score (nSPS) is 17.6. The van der Waals surface area contributed by atoms with Crippen molar-refractivity contribution in [2.24, 2.45) is 5.41 Å². The van der Waals surface area contributed by atoms with Crippen molar-refractivity contribution in [2.45, 2.75) is 51.9 Å². The van der Waals surface area contributed by atoms with Gasteiger partial charge in [0, 0.05) is 11.0 Å². The lowest BCUT2D eigenvalue weighted by molar-refractivity contribution is 0.134. The number of nitrogens with one attached hydrogen (secondary N) is 1. The molecule has 0 aromatic heterocycles. The first-order valence-corrected chi connectivity index (χ1v) is 9.12. The second-order valence-corrected chi connectivity index (χ2v) is 7.21. The largest absolute Gasteiger partial charge is 0.494 e. The van der Waals surface area contributed by atoms with E-state index in [9.17, 15) is 0 Å². The lowest BCUT2D eigenvalue weighted by atomic mass is 9.72. The Balaban J connectivity index is 1.82. The molecule has 3 heteroatoms. The van der Waals surface area contributed by atoms with E-state index in [2.05, 4.69) is 28.2 Å². The number of halogens is 1. The fraction of sp³-hybridized carbons (Fsp3) is 0.667. The summed E-state index contributed by atoms with van der Waals surface area (Å²) in [5.74, 6) is 0.977. The quantitative estimate of drug-likeness (QED) is 0.651. The zero-order chi connectivity index (χ0) is 15.0. The summed E-state index contributed by atoms with van der Waals surface area (Å²) in [4.78, 5) is 0. The van der Waals surface area contributed by atoms with E-state index in [1.165, 1.54) is 44.9 Å². The summed E-state index contributed by atoms with van der Waals surface area (Å²) < 4.78 is 7.05. The van der Waals surface area contributed by atoms with E-state index in [1.807, 2.05) is 24.3 Å². The predicted molar refractivity (Wildman–Crippen MR) is 92.9 cm³/mol. The zero-order valence-corrected chi connectivity index (χ0v) is 14.8. The van der Waals surface area contributed by atoms with Crippen molar-refractivity contribution in [3.63, 3.8) is 0 Å². The molecule has 0 aliphatic heterocycles. The van der Waals surface area contributed by atoms with E-state index in [0.29, 0.717) is 5.41 Å². The van der Waals surface area contributed by atoms with Crippen molar-refractivity contribution in [2.75, 3.05) is 19.7 Å². The van der Waals surface area contributed by atoms with Gasteiger partial charge >= 0.3 is 0 Å². The Labute approximate surface area is 137 Å². The lowest BCUT2D eigenvalue weighted by Gasteiger charge is -2.37. The van der Waals surface area contributed by atoms with Crippen molar-refractivity contribution in [1.82, 2.24) is 5.32 Å². The van der Waals surface area contributed by atoms with Crippen molar-refractivity contribution in [3.8, 4) is 5.75 Å². The van der Waals surface area contributed by atoms with E-state index >= 15 is 0 Å². The smallest absolute Gasteiger partial charge is 0.119 e. The summed E-state index contributed by atoms with van der Waals surface area (Å²) in [6.07, 6.45) is 9.26. The molecule has 0 spiro atoms. The van der Waals surface area contributed by atoms with Gasteiger partial charge in [-0.15, -0.1) is 0 Å². The lowest BCUT2D eigenvalue weighted by Crippen LogP contribution is -2.37. The maximum absolute atomic E-state index is 5.95. The molecule has 21 heavy (non-hydrogen) atoms. The number of benzene rings is 1. The summed E-state index contributed by atoms with van der Waals surface area (Å²) in [6, 6.07) is 8.14. The molecule has 2 rings (SSSR count). The number of hydrogen-bond donors (Lipinski definition) is 1. The van der Waals surface area contributed by atoms with Gasteiger partial charge in [0.15, 0.2) is 0 Å². The van der Waals surface area contributed by atoms with Crippen molar-refractivity contribution in [3.05, 3.63) is 28.7 Å². The fourth-order valence-corrected chi connectivity index (χ4v) is 3.53. The molecule has 0 unspecified atom stereocenters. The third-order valence-electron chi connectivity index (χ3n) is 4.56. The number of rotatable bonds is 8. The molecule has 1 aliphatic carbocycles. The standard InChI is InChI=1S/C18H28BrNO/c1-2-13-20-15-18(10-4-3-5-11-18)12-14-21-17-8-6-16(19)7-9-17/h6-9,20H,2-5,10-15H2,1H3. The van der Waals surface area contributed by atoms with Crippen LogP contribution in [-0.4, -0.2) is 19.7 Å². The monoisotopic (exact) mass is 353 g/mol. The first-order chi connectivity index (χ1) is 10.2. The predicted octanol–water partition coefficient (Wildman–Crippen LogP) is 5.17. The minimum absolute atomic E-state index is 0.461. The Bertz CT molecular complexity index is 398. The van der Waals surface area contributed by atoms with Gasteiger partial charge in [0.05, 0.1) is 6.61 Å². The van der Waals surface area contributed by atoms with Crippen LogP contribution >= 0.6 is 15.9 Å². The van der Waals surface area contributed by atoms with E-state index in [-0.39, 0.29) is 0 Å². The molecule has 1 saturated carbocycles. The van der Waals surface area contributed by atoms with E-state index in [0.717, 1.165) is 29.9 Å². The summed E-state index contributed by atoms with van der Waals surface area (Å²) in [6.45, 7) is 5.35. The Morgan fingerprint density at radius 1 is 1.14 bits per heavy atom. The summed E-state index contributed by atoms with van der Waals surface area (Å²) in [5, 5.41) is 3.64.